The molecule has 2 atom stereocenters. The molecule has 2 unspecified atom stereocenters. The molecule has 0 N–H and O–H groups in total. The fraction of sp³-hybridized carbons (Fsp3) is 0.538. The van der Waals surface area contributed by atoms with Gasteiger partial charge in [-0.2, -0.15) is 0 Å². The molecule has 2 aliphatic rings. The van der Waals surface area contributed by atoms with E-state index in [0.29, 0.717) is 18.4 Å². The van der Waals surface area contributed by atoms with E-state index in [1.807, 2.05) is 19.1 Å². The van der Waals surface area contributed by atoms with Crippen molar-refractivity contribution in [3.8, 4) is 0 Å². The second-order valence-electron chi connectivity index (χ2n) is 8.31. The van der Waals surface area contributed by atoms with Crippen molar-refractivity contribution in [2.75, 3.05) is 13.2 Å². The molecule has 180 valence electrons. The predicted octanol–water partition coefficient (Wildman–Crippen LogP) is 6.16. The summed E-state index contributed by atoms with van der Waals surface area (Å²) < 4.78 is 22.5. The van der Waals surface area contributed by atoms with E-state index in [1.165, 1.54) is 18.4 Å². The Morgan fingerprint density at radius 3 is 1.97 bits per heavy atom. The third-order valence-electron chi connectivity index (χ3n) is 5.86. The number of rotatable bonds is 7. The average Bonchev–Trinajstić information content (AvgIpc) is 2.84. The van der Waals surface area contributed by atoms with Gasteiger partial charge in [-0.25, -0.2) is 4.98 Å². The Kier molecular flexibility index (Phi) is 10.8. The molecule has 0 amide bonds. The van der Waals surface area contributed by atoms with E-state index in [4.69, 9.17) is 30.5 Å². The van der Waals surface area contributed by atoms with Crippen LogP contribution in [0.2, 0.25) is 5.15 Å². The number of aryl methyl sites for hydroxylation is 2. The van der Waals surface area contributed by atoms with Gasteiger partial charge in [0.2, 0.25) is 0 Å². The summed E-state index contributed by atoms with van der Waals surface area (Å²) >= 11 is 6.02. The van der Waals surface area contributed by atoms with Gasteiger partial charge >= 0.3 is 0 Å². The van der Waals surface area contributed by atoms with Crippen molar-refractivity contribution in [3.63, 3.8) is 0 Å². The molecule has 0 bridgehead atoms. The summed E-state index contributed by atoms with van der Waals surface area (Å²) in [6.45, 7) is 10.5. The van der Waals surface area contributed by atoms with Gasteiger partial charge in [-0.1, -0.05) is 18.2 Å². The van der Waals surface area contributed by atoms with Crippen LogP contribution in [-0.4, -0.2) is 35.8 Å². The van der Waals surface area contributed by atoms with Crippen LogP contribution >= 0.6 is 11.6 Å². The zero-order chi connectivity index (χ0) is 23.5. The maximum atomic E-state index is 6.02. The highest BCUT2D eigenvalue weighted by molar-refractivity contribution is 6.30. The van der Waals surface area contributed by atoms with Crippen LogP contribution in [0.1, 0.15) is 66.5 Å². The van der Waals surface area contributed by atoms with Crippen molar-refractivity contribution >= 4 is 17.7 Å². The summed E-state index contributed by atoms with van der Waals surface area (Å²) in [4.78, 5) is 8.33. The second-order valence-corrected chi connectivity index (χ2v) is 8.67. The molecule has 2 fully saturated rings. The predicted molar refractivity (Wildman–Crippen MR) is 130 cm³/mol. The number of nitrogens with zero attached hydrogens (tertiary/aromatic N) is 2. The fourth-order valence-electron chi connectivity index (χ4n) is 3.74. The molecule has 4 rings (SSSR count). The van der Waals surface area contributed by atoms with Crippen molar-refractivity contribution in [2.24, 2.45) is 0 Å². The molecular weight excluding hydrogens is 440 g/mol. The first kappa shape index (κ1) is 25.8. The molecule has 0 aliphatic carbocycles. The zero-order valence-electron chi connectivity index (χ0n) is 19.7. The molecule has 0 radical (unpaired) electrons. The Morgan fingerprint density at radius 1 is 0.909 bits per heavy atom. The second kappa shape index (κ2) is 13.8. The summed E-state index contributed by atoms with van der Waals surface area (Å²) in [5, 5.41) is 0.524. The van der Waals surface area contributed by atoms with Crippen LogP contribution in [0.5, 0.6) is 0 Å². The minimum Gasteiger partial charge on any atom is -0.353 e. The first-order valence-corrected chi connectivity index (χ1v) is 12.1. The minimum atomic E-state index is -0.0792. The number of hydrogen-bond donors (Lipinski definition) is 0. The summed E-state index contributed by atoms with van der Waals surface area (Å²) in [5.74, 6) is 0. The van der Waals surface area contributed by atoms with Crippen LogP contribution in [0.4, 0.5) is 0 Å². The third-order valence-corrected chi connectivity index (χ3v) is 6.18. The first-order valence-electron chi connectivity index (χ1n) is 11.7. The van der Waals surface area contributed by atoms with Gasteiger partial charge in [0.05, 0.1) is 18.9 Å². The van der Waals surface area contributed by atoms with Gasteiger partial charge in [0.15, 0.2) is 12.6 Å². The highest BCUT2D eigenvalue weighted by Gasteiger charge is 2.16. The monoisotopic (exact) mass is 474 g/mol. The lowest BCUT2D eigenvalue weighted by atomic mass is 10.1. The number of hydrogen-bond acceptors (Lipinski definition) is 6. The largest absolute Gasteiger partial charge is 0.353 e. The molecule has 0 saturated carbocycles. The van der Waals surface area contributed by atoms with Crippen LogP contribution in [-0.2, 0) is 32.2 Å². The van der Waals surface area contributed by atoms with E-state index >= 15 is 0 Å². The normalized spacial score (nSPS) is 20.6. The van der Waals surface area contributed by atoms with Crippen LogP contribution < -0.4 is 0 Å². The number of pyridine rings is 2. The Labute approximate surface area is 202 Å². The van der Waals surface area contributed by atoms with E-state index in [0.717, 1.165) is 61.3 Å². The van der Waals surface area contributed by atoms with E-state index in [9.17, 15) is 0 Å². The van der Waals surface area contributed by atoms with E-state index in [2.05, 4.69) is 23.5 Å². The first-order chi connectivity index (χ1) is 16.1. The number of halogens is 1. The summed E-state index contributed by atoms with van der Waals surface area (Å²) in [7, 11) is 0. The average molecular weight is 475 g/mol. The highest BCUT2D eigenvalue weighted by atomic mass is 35.5. The quantitative estimate of drug-likeness (QED) is 0.447. The summed E-state index contributed by atoms with van der Waals surface area (Å²) in [6, 6.07) is 3.93. The Morgan fingerprint density at radius 2 is 1.45 bits per heavy atom. The standard InChI is InChI=1S/C14H19NO2.C12H16ClNO2/c1-3-13-12(11(2)7-8-15-13)10-17-14-6-4-5-9-16-14;1-9-5-6-14-12(13)10(9)8-16-11-4-2-3-7-15-11/h3,7-8,14H,1,4-6,9-10H2,2H3;5-6,11H,2-4,7-8H2,1H3. The van der Waals surface area contributed by atoms with Gasteiger partial charge in [0, 0.05) is 36.7 Å². The van der Waals surface area contributed by atoms with E-state index in [-0.39, 0.29) is 12.6 Å². The van der Waals surface area contributed by atoms with Crippen molar-refractivity contribution in [2.45, 2.75) is 78.2 Å². The zero-order valence-corrected chi connectivity index (χ0v) is 20.5. The van der Waals surface area contributed by atoms with Crippen molar-refractivity contribution in [1.82, 2.24) is 9.97 Å². The van der Waals surface area contributed by atoms with Crippen molar-refractivity contribution in [1.29, 1.82) is 0 Å². The molecule has 4 heterocycles. The summed E-state index contributed by atoms with van der Waals surface area (Å²) in [5.41, 5.74) is 5.26. The van der Waals surface area contributed by atoms with Gasteiger partial charge in [-0.3, -0.25) is 4.98 Å². The fourth-order valence-corrected chi connectivity index (χ4v) is 4.00. The SMILES string of the molecule is C=Cc1nccc(C)c1COC1CCCCO1.Cc1ccnc(Cl)c1COC1CCCCO1. The molecule has 2 saturated heterocycles. The lowest BCUT2D eigenvalue weighted by Gasteiger charge is -2.23. The smallest absolute Gasteiger partial charge is 0.158 e. The lowest BCUT2D eigenvalue weighted by Crippen LogP contribution is -2.22. The van der Waals surface area contributed by atoms with Crippen LogP contribution in [0.3, 0.4) is 0 Å². The van der Waals surface area contributed by atoms with Gasteiger partial charge in [-0.15, -0.1) is 0 Å². The minimum absolute atomic E-state index is 0.0546. The molecule has 33 heavy (non-hydrogen) atoms. The van der Waals surface area contributed by atoms with E-state index in [1.54, 1.807) is 18.5 Å². The topological polar surface area (TPSA) is 62.7 Å². The maximum Gasteiger partial charge on any atom is 0.158 e. The maximum absolute atomic E-state index is 6.02. The van der Waals surface area contributed by atoms with Crippen LogP contribution in [0.25, 0.3) is 6.08 Å². The molecule has 2 aromatic rings. The number of aromatic nitrogens is 2. The Hall–Kier alpha value is -1.83. The van der Waals surface area contributed by atoms with Gasteiger partial charge in [-0.05, 0) is 81.7 Å². The lowest BCUT2D eigenvalue weighted by molar-refractivity contribution is -0.169. The van der Waals surface area contributed by atoms with Crippen molar-refractivity contribution in [3.05, 3.63) is 64.2 Å². The van der Waals surface area contributed by atoms with Gasteiger partial charge < -0.3 is 18.9 Å². The highest BCUT2D eigenvalue weighted by Crippen LogP contribution is 2.21. The Balaban J connectivity index is 0.000000186. The molecule has 0 spiro atoms. The van der Waals surface area contributed by atoms with Crippen LogP contribution in [0.15, 0.2) is 31.1 Å². The molecule has 6 nitrogen and oxygen atoms in total. The summed E-state index contributed by atoms with van der Waals surface area (Å²) in [6.07, 6.45) is 11.7. The van der Waals surface area contributed by atoms with Crippen LogP contribution in [0, 0.1) is 13.8 Å². The van der Waals surface area contributed by atoms with Gasteiger partial charge in [0.25, 0.3) is 0 Å². The van der Waals surface area contributed by atoms with Crippen molar-refractivity contribution < 1.29 is 18.9 Å². The molecular formula is C26H35ClN2O4. The number of ether oxygens (including phenoxy) is 4. The third kappa shape index (κ3) is 8.16. The van der Waals surface area contributed by atoms with E-state index < -0.39 is 0 Å². The van der Waals surface area contributed by atoms with Gasteiger partial charge in [0.1, 0.15) is 5.15 Å². The molecule has 2 aliphatic heterocycles. The Bertz CT molecular complexity index is 860. The molecule has 7 heteroatoms. The molecule has 0 aromatic carbocycles. The molecule has 2 aromatic heterocycles.